The predicted octanol–water partition coefficient (Wildman–Crippen LogP) is 3.70. The van der Waals surface area contributed by atoms with Crippen LogP contribution in [0.1, 0.15) is 25.7 Å². The molecule has 3 rings (SSSR count). The van der Waals surface area contributed by atoms with E-state index in [-0.39, 0.29) is 5.91 Å². The maximum absolute atomic E-state index is 12.3. The zero-order valence-electron chi connectivity index (χ0n) is 11.8. The van der Waals surface area contributed by atoms with Gasteiger partial charge in [-0.15, -0.1) is 0 Å². The summed E-state index contributed by atoms with van der Waals surface area (Å²) in [5, 5.41) is 10.4. The van der Waals surface area contributed by atoms with Crippen LogP contribution in [-0.4, -0.2) is 21.6 Å². The number of nitrogens with zero attached hydrogens (tertiary/aromatic N) is 1. The second kappa shape index (κ2) is 6.02. The van der Waals surface area contributed by atoms with Crippen LogP contribution >= 0.6 is 27.5 Å². The number of carbonyl (C=O) groups excluding carboxylic acids is 1. The Morgan fingerprint density at radius 2 is 2.09 bits per heavy atom. The monoisotopic (exact) mass is 382 g/mol. The van der Waals surface area contributed by atoms with Crippen molar-refractivity contribution in [2.75, 3.05) is 5.32 Å². The Morgan fingerprint density at radius 3 is 2.82 bits per heavy atom. The van der Waals surface area contributed by atoms with Crippen molar-refractivity contribution in [3.8, 4) is 11.3 Å². The lowest BCUT2D eigenvalue weighted by Crippen LogP contribution is -2.48. The Morgan fingerprint density at radius 1 is 1.36 bits per heavy atom. The van der Waals surface area contributed by atoms with Crippen molar-refractivity contribution in [1.29, 1.82) is 0 Å². The number of benzene rings is 1. The number of amides is 1. The first-order chi connectivity index (χ1) is 10.5. The molecule has 5 nitrogen and oxygen atoms in total. The zero-order valence-corrected chi connectivity index (χ0v) is 14.2. The van der Waals surface area contributed by atoms with E-state index in [2.05, 4.69) is 31.4 Å². The Kier molecular flexibility index (Phi) is 4.25. The van der Waals surface area contributed by atoms with Gasteiger partial charge in [0.2, 0.25) is 5.91 Å². The van der Waals surface area contributed by atoms with Gasteiger partial charge in [-0.3, -0.25) is 9.89 Å². The summed E-state index contributed by atoms with van der Waals surface area (Å²) in [7, 11) is 0. The van der Waals surface area contributed by atoms with E-state index in [0.29, 0.717) is 23.7 Å². The Hall–Kier alpha value is -1.37. The number of H-pyrrole nitrogens is 1. The molecule has 0 aliphatic heterocycles. The summed E-state index contributed by atoms with van der Waals surface area (Å²) >= 11 is 9.61. The van der Waals surface area contributed by atoms with Crippen LogP contribution in [0, 0.1) is 0 Å². The molecule has 22 heavy (non-hydrogen) atoms. The van der Waals surface area contributed by atoms with Crippen molar-refractivity contribution in [2.45, 2.75) is 31.2 Å². The molecular formula is C15H16BrClN4O. The van der Waals surface area contributed by atoms with E-state index < -0.39 is 5.54 Å². The molecule has 2 aromatic rings. The second-order valence-corrected chi connectivity index (χ2v) is 6.93. The molecule has 1 amide bonds. The van der Waals surface area contributed by atoms with E-state index in [1.807, 2.05) is 12.1 Å². The highest BCUT2D eigenvalue weighted by molar-refractivity contribution is 9.10. The fourth-order valence-corrected chi connectivity index (χ4v) is 3.28. The zero-order chi connectivity index (χ0) is 15.7. The standard InChI is InChI=1S/C15H16BrClN4O/c16-9-3-4-11(17)10(7-9)12-8-13(21-20-12)19-14(22)15(18)5-1-2-6-15/h3-4,7-8H,1-2,5-6,18H2,(H2,19,20,21,22). The van der Waals surface area contributed by atoms with E-state index in [9.17, 15) is 4.79 Å². The van der Waals surface area contributed by atoms with Crippen LogP contribution in [0.3, 0.4) is 0 Å². The maximum atomic E-state index is 12.3. The molecule has 0 atom stereocenters. The van der Waals surface area contributed by atoms with Gasteiger partial charge in [-0.05, 0) is 31.0 Å². The Bertz CT molecular complexity index is 709. The quantitative estimate of drug-likeness (QED) is 0.755. The highest BCUT2D eigenvalue weighted by atomic mass is 79.9. The van der Waals surface area contributed by atoms with E-state index in [1.165, 1.54) is 0 Å². The van der Waals surface area contributed by atoms with Gasteiger partial charge < -0.3 is 11.1 Å². The third-order valence-corrected chi connectivity index (χ3v) is 4.81. The fourth-order valence-electron chi connectivity index (χ4n) is 2.70. The first kappa shape index (κ1) is 15.5. The van der Waals surface area contributed by atoms with Gasteiger partial charge in [0.25, 0.3) is 0 Å². The number of anilines is 1. The molecule has 0 unspecified atom stereocenters. The summed E-state index contributed by atoms with van der Waals surface area (Å²) in [5.41, 5.74) is 6.91. The van der Waals surface area contributed by atoms with Crippen LogP contribution in [0.15, 0.2) is 28.7 Å². The fraction of sp³-hybridized carbons (Fsp3) is 0.333. The van der Waals surface area contributed by atoms with Crippen molar-refractivity contribution >= 4 is 39.3 Å². The molecule has 7 heteroatoms. The average Bonchev–Trinajstić information content (AvgIpc) is 3.12. The van der Waals surface area contributed by atoms with Gasteiger partial charge in [0.05, 0.1) is 16.3 Å². The molecule has 116 valence electrons. The number of aromatic amines is 1. The number of rotatable bonds is 3. The number of halogens is 2. The highest BCUT2D eigenvalue weighted by Gasteiger charge is 2.37. The van der Waals surface area contributed by atoms with Crippen molar-refractivity contribution in [3.05, 3.63) is 33.8 Å². The first-order valence-corrected chi connectivity index (χ1v) is 8.26. The van der Waals surface area contributed by atoms with E-state index >= 15 is 0 Å². The molecule has 0 bridgehead atoms. The van der Waals surface area contributed by atoms with Gasteiger partial charge in [-0.1, -0.05) is 40.4 Å². The number of nitrogens with two attached hydrogens (primary N) is 1. The summed E-state index contributed by atoms with van der Waals surface area (Å²) in [5.74, 6) is 0.274. The average molecular weight is 384 g/mol. The Labute approximate surface area is 141 Å². The molecule has 4 N–H and O–H groups in total. The van der Waals surface area contributed by atoms with Gasteiger partial charge in [-0.2, -0.15) is 5.10 Å². The molecule has 0 saturated heterocycles. The van der Waals surface area contributed by atoms with Crippen molar-refractivity contribution < 1.29 is 4.79 Å². The van der Waals surface area contributed by atoms with Gasteiger partial charge in [0.1, 0.15) is 0 Å². The summed E-state index contributed by atoms with van der Waals surface area (Å²) in [4.78, 5) is 12.3. The minimum Gasteiger partial charge on any atom is -0.317 e. The number of hydrogen-bond acceptors (Lipinski definition) is 3. The van der Waals surface area contributed by atoms with Crippen LogP contribution in [-0.2, 0) is 4.79 Å². The van der Waals surface area contributed by atoms with Crippen LogP contribution < -0.4 is 11.1 Å². The lowest BCUT2D eigenvalue weighted by Gasteiger charge is -2.21. The van der Waals surface area contributed by atoms with Crippen molar-refractivity contribution in [3.63, 3.8) is 0 Å². The molecule has 0 radical (unpaired) electrons. The van der Waals surface area contributed by atoms with Crippen molar-refractivity contribution in [2.24, 2.45) is 5.73 Å². The first-order valence-electron chi connectivity index (χ1n) is 7.09. The summed E-state index contributed by atoms with van der Waals surface area (Å²) < 4.78 is 0.916. The molecule has 1 aliphatic rings. The number of nitrogens with one attached hydrogen (secondary N) is 2. The third kappa shape index (κ3) is 3.04. The van der Waals surface area contributed by atoms with Crippen LogP contribution in [0.5, 0.6) is 0 Å². The summed E-state index contributed by atoms with van der Waals surface area (Å²) in [6, 6.07) is 7.31. The number of aromatic nitrogens is 2. The second-order valence-electron chi connectivity index (χ2n) is 5.61. The summed E-state index contributed by atoms with van der Waals surface area (Å²) in [6.45, 7) is 0. The van der Waals surface area contributed by atoms with E-state index in [4.69, 9.17) is 17.3 Å². The summed E-state index contributed by atoms with van der Waals surface area (Å²) in [6.07, 6.45) is 3.41. The molecule has 1 aliphatic carbocycles. The van der Waals surface area contributed by atoms with Crippen LogP contribution in [0.4, 0.5) is 5.82 Å². The van der Waals surface area contributed by atoms with Gasteiger partial charge in [-0.25, -0.2) is 0 Å². The lowest BCUT2D eigenvalue weighted by atomic mass is 9.98. The van der Waals surface area contributed by atoms with E-state index in [1.54, 1.807) is 12.1 Å². The Balaban J connectivity index is 1.79. The molecule has 1 heterocycles. The normalized spacial score (nSPS) is 16.7. The molecule has 1 fully saturated rings. The molecule has 1 saturated carbocycles. The van der Waals surface area contributed by atoms with Crippen LogP contribution in [0.25, 0.3) is 11.3 Å². The topological polar surface area (TPSA) is 83.8 Å². The third-order valence-electron chi connectivity index (χ3n) is 3.99. The smallest absolute Gasteiger partial charge is 0.245 e. The number of hydrogen-bond donors (Lipinski definition) is 3. The van der Waals surface area contributed by atoms with Crippen LogP contribution in [0.2, 0.25) is 5.02 Å². The predicted molar refractivity (Wildman–Crippen MR) is 90.7 cm³/mol. The minimum absolute atomic E-state index is 0.177. The van der Waals surface area contributed by atoms with Gasteiger partial charge >= 0.3 is 0 Å². The molecule has 1 aromatic heterocycles. The molecular weight excluding hydrogens is 368 g/mol. The number of carbonyl (C=O) groups is 1. The molecule has 0 spiro atoms. The largest absolute Gasteiger partial charge is 0.317 e. The lowest BCUT2D eigenvalue weighted by molar-refractivity contribution is -0.121. The minimum atomic E-state index is -0.771. The van der Waals surface area contributed by atoms with Gasteiger partial charge in [0.15, 0.2) is 5.82 Å². The highest BCUT2D eigenvalue weighted by Crippen LogP contribution is 2.31. The SMILES string of the molecule is NC1(C(=O)Nc2cc(-c3cc(Br)ccc3Cl)[nH]n2)CCCC1. The van der Waals surface area contributed by atoms with E-state index in [0.717, 1.165) is 28.6 Å². The molecule has 1 aromatic carbocycles. The van der Waals surface area contributed by atoms with Gasteiger partial charge in [0, 0.05) is 16.1 Å². The van der Waals surface area contributed by atoms with Crippen molar-refractivity contribution in [1.82, 2.24) is 10.2 Å². The maximum Gasteiger partial charge on any atom is 0.245 e.